The van der Waals surface area contributed by atoms with Crippen LogP contribution in [-0.2, 0) is 25.7 Å². The van der Waals surface area contributed by atoms with Crippen LogP contribution in [-0.4, -0.2) is 5.11 Å². The van der Waals surface area contributed by atoms with Gasteiger partial charge in [0.2, 0.25) is 0 Å². The molecule has 0 bridgehead atoms. The van der Waals surface area contributed by atoms with Crippen molar-refractivity contribution in [3.8, 4) is 5.75 Å². The Balaban J connectivity index is 2.86. The Hall–Kier alpha value is -0.980. The SMILES string of the molecule is CCCCCCCc1c(O)cc(CC)c(CC)c1CCCCCCC. The quantitative estimate of drug-likeness (QED) is 0.345. The summed E-state index contributed by atoms with van der Waals surface area (Å²) in [6, 6.07) is 2.06. The minimum absolute atomic E-state index is 0.563. The van der Waals surface area contributed by atoms with Crippen LogP contribution in [0.1, 0.15) is 114 Å². The lowest BCUT2D eigenvalue weighted by Gasteiger charge is -2.19. The second-order valence-electron chi connectivity index (χ2n) is 7.53. The lowest BCUT2D eigenvalue weighted by molar-refractivity contribution is 0.463. The summed E-state index contributed by atoms with van der Waals surface area (Å²) in [6.07, 6.45) is 17.4. The summed E-state index contributed by atoms with van der Waals surface area (Å²) in [4.78, 5) is 0. The third-order valence-electron chi connectivity index (χ3n) is 5.53. The van der Waals surface area contributed by atoms with E-state index >= 15 is 0 Å². The zero-order valence-corrected chi connectivity index (χ0v) is 17.4. The van der Waals surface area contributed by atoms with E-state index in [1.165, 1.54) is 86.5 Å². The van der Waals surface area contributed by atoms with Crippen molar-refractivity contribution in [3.63, 3.8) is 0 Å². The standard InChI is InChI=1S/C24H42O/c1-5-9-11-13-15-17-22-21(8-4)20(7-3)19-24(25)23(22)18-16-14-12-10-6-2/h19,25H,5-18H2,1-4H3. The van der Waals surface area contributed by atoms with Gasteiger partial charge < -0.3 is 5.11 Å². The molecule has 1 nitrogen and oxygen atoms in total. The van der Waals surface area contributed by atoms with E-state index in [4.69, 9.17) is 0 Å². The molecule has 1 aromatic carbocycles. The minimum atomic E-state index is 0.563. The smallest absolute Gasteiger partial charge is 0.119 e. The first-order chi connectivity index (χ1) is 12.2. The highest BCUT2D eigenvalue weighted by molar-refractivity contribution is 5.49. The third-order valence-corrected chi connectivity index (χ3v) is 5.53. The molecule has 1 N–H and O–H groups in total. The fraction of sp³-hybridized carbons (Fsp3) is 0.750. The molecule has 25 heavy (non-hydrogen) atoms. The van der Waals surface area contributed by atoms with Crippen LogP contribution in [0.2, 0.25) is 0 Å². The van der Waals surface area contributed by atoms with E-state index in [0.29, 0.717) is 5.75 Å². The van der Waals surface area contributed by atoms with Gasteiger partial charge in [-0.1, -0.05) is 79.1 Å². The Labute approximate surface area is 157 Å². The van der Waals surface area contributed by atoms with Gasteiger partial charge >= 0.3 is 0 Å². The molecule has 0 aromatic heterocycles. The molecule has 0 fully saturated rings. The van der Waals surface area contributed by atoms with E-state index in [1.807, 2.05) is 0 Å². The molecule has 0 saturated carbocycles. The first-order valence-corrected chi connectivity index (χ1v) is 11.0. The van der Waals surface area contributed by atoms with Gasteiger partial charge in [-0.3, -0.25) is 0 Å². The number of aromatic hydroxyl groups is 1. The van der Waals surface area contributed by atoms with Crippen LogP contribution in [0.5, 0.6) is 5.75 Å². The predicted molar refractivity (Wildman–Crippen MR) is 112 cm³/mol. The van der Waals surface area contributed by atoms with Gasteiger partial charge in [0.05, 0.1) is 0 Å². The van der Waals surface area contributed by atoms with E-state index in [9.17, 15) is 5.11 Å². The Morgan fingerprint density at radius 2 is 1.12 bits per heavy atom. The van der Waals surface area contributed by atoms with E-state index in [0.717, 1.165) is 25.7 Å². The zero-order valence-electron chi connectivity index (χ0n) is 17.4. The number of hydrogen-bond acceptors (Lipinski definition) is 1. The molecule has 0 aliphatic rings. The van der Waals surface area contributed by atoms with Gasteiger partial charge in [0, 0.05) is 0 Å². The molecule has 0 unspecified atom stereocenters. The molecular weight excluding hydrogens is 304 g/mol. The lowest BCUT2D eigenvalue weighted by atomic mass is 9.87. The maximum Gasteiger partial charge on any atom is 0.119 e. The highest BCUT2D eigenvalue weighted by atomic mass is 16.3. The number of unbranched alkanes of at least 4 members (excludes halogenated alkanes) is 8. The third kappa shape index (κ3) is 7.42. The van der Waals surface area contributed by atoms with Crippen molar-refractivity contribution < 1.29 is 5.11 Å². The second kappa shape index (κ2) is 13.3. The zero-order chi connectivity index (χ0) is 18.5. The molecule has 1 aromatic rings. The van der Waals surface area contributed by atoms with Gasteiger partial charge in [0.25, 0.3) is 0 Å². The van der Waals surface area contributed by atoms with E-state index < -0.39 is 0 Å². The van der Waals surface area contributed by atoms with Crippen LogP contribution < -0.4 is 0 Å². The summed E-state index contributed by atoms with van der Waals surface area (Å²) in [6.45, 7) is 9.02. The number of hydrogen-bond donors (Lipinski definition) is 1. The van der Waals surface area contributed by atoms with Crippen molar-refractivity contribution in [3.05, 3.63) is 28.3 Å². The monoisotopic (exact) mass is 346 g/mol. The van der Waals surface area contributed by atoms with Crippen molar-refractivity contribution in [2.75, 3.05) is 0 Å². The highest BCUT2D eigenvalue weighted by Gasteiger charge is 2.15. The van der Waals surface area contributed by atoms with Crippen LogP contribution in [0.15, 0.2) is 6.07 Å². The lowest BCUT2D eigenvalue weighted by Crippen LogP contribution is -2.05. The van der Waals surface area contributed by atoms with Gasteiger partial charge in [-0.2, -0.15) is 0 Å². The molecule has 0 amide bonds. The molecule has 0 aliphatic carbocycles. The van der Waals surface area contributed by atoms with Gasteiger partial charge in [0.15, 0.2) is 0 Å². The Kier molecular flexibility index (Phi) is 11.7. The van der Waals surface area contributed by atoms with E-state index in [-0.39, 0.29) is 0 Å². The average Bonchev–Trinajstić information content (AvgIpc) is 2.62. The van der Waals surface area contributed by atoms with Crippen LogP contribution in [0.3, 0.4) is 0 Å². The summed E-state index contributed by atoms with van der Waals surface area (Å²) >= 11 is 0. The number of benzene rings is 1. The molecule has 0 saturated heterocycles. The molecular formula is C24H42O. The van der Waals surface area contributed by atoms with Crippen molar-refractivity contribution in [1.82, 2.24) is 0 Å². The Morgan fingerprint density at radius 1 is 0.600 bits per heavy atom. The van der Waals surface area contributed by atoms with Gasteiger partial charge in [-0.05, 0) is 66.8 Å². The van der Waals surface area contributed by atoms with Crippen molar-refractivity contribution in [2.24, 2.45) is 0 Å². The molecule has 0 aliphatic heterocycles. The van der Waals surface area contributed by atoms with Crippen LogP contribution in [0.4, 0.5) is 0 Å². The first-order valence-electron chi connectivity index (χ1n) is 11.0. The Morgan fingerprint density at radius 3 is 1.60 bits per heavy atom. The normalized spacial score (nSPS) is 11.2. The van der Waals surface area contributed by atoms with Gasteiger partial charge in [-0.15, -0.1) is 0 Å². The fourth-order valence-corrected chi connectivity index (χ4v) is 4.02. The van der Waals surface area contributed by atoms with E-state index in [1.54, 1.807) is 0 Å². The second-order valence-corrected chi connectivity index (χ2v) is 7.53. The summed E-state index contributed by atoms with van der Waals surface area (Å²) in [7, 11) is 0. The number of rotatable bonds is 14. The topological polar surface area (TPSA) is 20.2 Å². The average molecular weight is 347 g/mol. The van der Waals surface area contributed by atoms with Crippen LogP contribution >= 0.6 is 0 Å². The maximum atomic E-state index is 10.7. The minimum Gasteiger partial charge on any atom is -0.508 e. The highest BCUT2D eigenvalue weighted by Crippen LogP contribution is 2.32. The molecule has 1 heteroatoms. The van der Waals surface area contributed by atoms with Crippen molar-refractivity contribution in [1.29, 1.82) is 0 Å². The molecule has 0 radical (unpaired) electrons. The molecule has 1 rings (SSSR count). The summed E-state index contributed by atoms with van der Waals surface area (Å²) < 4.78 is 0. The molecule has 0 heterocycles. The number of phenols is 1. The Bertz CT molecular complexity index is 475. The van der Waals surface area contributed by atoms with Crippen LogP contribution in [0.25, 0.3) is 0 Å². The van der Waals surface area contributed by atoms with Gasteiger partial charge in [-0.25, -0.2) is 0 Å². The number of aryl methyl sites for hydroxylation is 1. The van der Waals surface area contributed by atoms with E-state index in [2.05, 4.69) is 33.8 Å². The maximum absolute atomic E-state index is 10.7. The molecule has 0 atom stereocenters. The fourth-order valence-electron chi connectivity index (χ4n) is 4.02. The largest absolute Gasteiger partial charge is 0.508 e. The number of phenolic OH excluding ortho intramolecular Hbond substituents is 1. The van der Waals surface area contributed by atoms with Crippen LogP contribution in [0, 0.1) is 0 Å². The van der Waals surface area contributed by atoms with Crippen molar-refractivity contribution in [2.45, 2.75) is 118 Å². The predicted octanol–water partition coefficient (Wildman–Crippen LogP) is 7.54. The summed E-state index contributed by atoms with van der Waals surface area (Å²) in [5.41, 5.74) is 5.64. The molecule has 0 spiro atoms. The van der Waals surface area contributed by atoms with Crippen molar-refractivity contribution >= 4 is 0 Å². The first kappa shape index (κ1) is 22.1. The van der Waals surface area contributed by atoms with Gasteiger partial charge in [0.1, 0.15) is 5.75 Å². The summed E-state index contributed by atoms with van der Waals surface area (Å²) in [5.74, 6) is 0.563. The summed E-state index contributed by atoms with van der Waals surface area (Å²) in [5, 5.41) is 10.7. The molecule has 144 valence electrons.